The molecule has 0 aliphatic carbocycles. The maximum Gasteiger partial charge on any atom is 0.127 e. The molecule has 2 rings (SSSR count). The van der Waals surface area contributed by atoms with Crippen LogP contribution in [0.25, 0.3) is 6.08 Å². The van der Waals surface area contributed by atoms with Crippen LogP contribution in [-0.2, 0) is 0 Å². The fraction of sp³-hybridized carbons (Fsp3) is 0.333. The summed E-state index contributed by atoms with van der Waals surface area (Å²) in [6.45, 7) is 5.14. The summed E-state index contributed by atoms with van der Waals surface area (Å²) < 4.78 is 5.63. The van der Waals surface area contributed by atoms with E-state index in [-0.39, 0.29) is 0 Å². The van der Waals surface area contributed by atoms with Crippen molar-refractivity contribution in [3.63, 3.8) is 0 Å². The maximum atomic E-state index is 5.63. The van der Waals surface area contributed by atoms with Crippen molar-refractivity contribution >= 4 is 6.08 Å². The molecule has 1 nitrogen and oxygen atoms in total. The van der Waals surface area contributed by atoms with Crippen molar-refractivity contribution in [2.75, 3.05) is 6.61 Å². The van der Waals surface area contributed by atoms with Crippen LogP contribution in [-0.4, -0.2) is 6.61 Å². The summed E-state index contributed by atoms with van der Waals surface area (Å²) in [5.41, 5.74) is 2.58. The van der Waals surface area contributed by atoms with Crippen molar-refractivity contribution in [2.24, 2.45) is 5.92 Å². The first kappa shape index (κ1) is 8.36. The molecule has 0 radical (unpaired) electrons. The molecule has 13 heavy (non-hydrogen) atoms. The van der Waals surface area contributed by atoms with Gasteiger partial charge in [0.25, 0.3) is 0 Å². The Morgan fingerprint density at radius 2 is 2.00 bits per heavy atom. The third kappa shape index (κ3) is 1.59. The van der Waals surface area contributed by atoms with E-state index in [1.54, 1.807) is 0 Å². The van der Waals surface area contributed by atoms with Gasteiger partial charge in [-0.05, 0) is 23.6 Å². The molecule has 0 saturated heterocycles. The van der Waals surface area contributed by atoms with Gasteiger partial charge in [-0.25, -0.2) is 0 Å². The average molecular weight is 174 g/mol. The van der Waals surface area contributed by atoms with Crippen molar-refractivity contribution < 1.29 is 4.74 Å². The van der Waals surface area contributed by atoms with Crippen molar-refractivity contribution in [3.05, 3.63) is 35.4 Å². The predicted molar refractivity (Wildman–Crippen MR) is 54.8 cm³/mol. The highest BCUT2D eigenvalue weighted by atomic mass is 16.5. The van der Waals surface area contributed by atoms with Crippen LogP contribution in [0.15, 0.2) is 29.8 Å². The lowest BCUT2D eigenvalue weighted by atomic mass is 9.99. The minimum atomic E-state index is 0.577. The van der Waals surface area contributed by atoms with Crippen LogP contribution in [0.2, 0.25) is 0 Å². The molecule has 0 aromatic heterocycles. The summed E-state index contributed by atoms with van der Waals surface area (Å²) in [5, 5.41) is 0. The Balaban J connectivity index is 2.38. The SMILES string of the molecule is CC(C)C1=Cc2ccccc2OC1. The molecule has 1 heteroatoms. The Morgan fingerprint density at radius 3 is 2.77 bits per heavy atom. The summed E-state index contributed by atoms with van der Waals surface area (Å²) in [7, 11) is 0. The van der Waals surface area contributed by atoms with Crippen LogP contribution in [0, 0.1) is 5.92 Å². The van der Waals surface area contributed by atoms with Gasteiger partial charge in [-0.1, -0.05) is 32.0 Å². The van der Waals surface area contributed by atoms with Gasteiger partial charge in [0.2, 0.25) is 0 Å². The van der Waals surface area contributed by atoms with Gasteiger partial charge in [-0.2, -0.15) is 0 Å². The molecular weight excluding hydrogens is 160 g/mol. The lowest BCUT2D eigenvalue weighted by Crippen LogP contribution is -2.10. The second-order valence-electron chi connectivity index (χ2n) is 3.70. The third-order valence-corrected chi connectivity index (χ3v) is 2.40. The summed E-state index contributed by atoms with van der Waals surface area (Å²) in [4.78, 5) is 0. The second kappa shape index (κ2) is 3.25. The molecule has 0 fully saturated rings. The first-order chi connectivity index (χ1) is 6.27. The Bertz CT molecular complexity index is 337. The van der Waals surface area contributed by atoms with Gasteiger partial charge in [0, 0.05) is 5.56 Å². The van der Waals surface area contributed by atoms with Gasteiger partial charge in [0.1, 0.15) is 12.4 Å². The minimum absolute atomic E-state index is 0.577. The number of hydrogen-bond donors (Lipinski definition) is 0. The van der Waals surface area contributed by atoms with Gasteiger partial charge in [-0.15, -0.1) is 0 Å². The van der Waals surface area contributed by atoms with Crippen LogP contribution in [0.3, 0.4) is 0 Å². The van der Waals surface area contributed by atoms with Crippen molar-refractivity contribution in [1.29, 1.82) is 0 Å². The van der Waals surface area contributed by atoms with E-state index in [4.69, 9.17) is 4.74 Å². The molecule has 68 valence electrons. The Kier molecular flexibility index (Phi) is 2.09. The van der Waals surface area contributed by atoms with E-state index in [0.717, 1.165) is 12.4 Å². The Labute approximate surface area is 79.0 Å². The lowest BCUT2D eigenvalue weighted by Gasteiger charge is -2.19. The molecule has 0 N–H and O–H groups in total. The van der Waals surface area contributed by atoms with Gasteiger partial charge < -0.3 is 4.74 Å². The van der Waals surface area contributed by atoms with E-state index < -0.39 is 0 Å². The van der Waals surface area contributed by atoms with Gasteiger partial charge in [0.05, 0.1) is 0 Å². The highest BCUT2D eigenvalue weighted by Crippen LogP contribution is 2.28. The van der Waals surface area contributed by atoms with Crippen LogP contribution in [0.1, 0.15) is 19.4 Å². The summed E-state index contributed by atoms with van der Waals surface area (Å²) in [5.74, 6) is 1.58. The third-order valence-electron chi connectivity index (χ3n) is 2.40. The Morgan fingerprint density at radius 1 is 1.23 bits per heavy atom. The molecule has 1 heterocycles. The Hall–Kier alpha value is -1.24. The fourth-order valence-corrected chi connectivity index (χ4v) is 1.47. The van der Waals surface area contributed by atoms with Crippen LogP contribution in [0.5, 0.6) is 5.75 Å². The highest BCUT2D eigenvalue weighted by molar-refractivity contribution is 5.62. The van der Waals surface area contributed by atoms with Gasteiger partial charge in [0.15, 0.2) is 0 Å². The largest absolute Gasteiger partial charge is 0.489 e. The van der Waals surface area contributed by atoms with E-state index >= 15 is 0 Å². The molecule has 0 amide bonds. The second-order valence-corrected chi connectivity index (χ2v) is 3.70. The molecule has 0 saturated carbocycles. The van der Waals surface area contributed by atoms with E-state index in [9.17, 15) is 0 Å². The van der Waals surface area contributed by atoms with Crippen molar-refractivity contribution in [3.8, 4) is 5.75 Å². The van der Waals surface area contributed by atoms with Crippen LogP contribution >= 0.6 is 0 Å². The number of hydrogen-bond acceptors (Lipinski definition) is 1. The minimum Gasteiger partial charge on any atom is -0.489 e. The van der Waals surface area contributed by atoms with Gasteiger partial charge in [-0.3, -0.25) is 0 Å². The van der Waals surface area contributed by atoms with Crippen LogP contribution < -0.4 is 4.74 Å². The quantitative estimate of drug-likeness (QED) is 0.635. The number of benzene rings is 1. The first-order valence-electron chi connectivity index (χ1n) is 4.69. The molecule has 1 aliphatic heterocycles. The predicted octanol–water partition coefficient (Wildman–Crippen LogP) is 3.12. The molecule has 0 bridgehead atoms. The van der Waals surface area contributed by atoms with Gasteiger partial charge >= 0.3 is 0 Å². The molecule has 0 unspecified atom stereocenters. The lowest BCUT2D eigenvalue weighted by molar-refractivity contribution is 0.334. The topological polar surface area (TPSA) is 9.23 Å². The van der Waals surface area contributed by atoms with Crippen molar-refractivity contribution in [1.82, 2.24) is 0 Å². The first-order valence-corrected chi connectivity index (χ1v) is 4.69. The fourth-order valence-electron chi connectivity index (χ4n) is 1.47. The standard InChI is InChI=1S/C12H14O/c1-9(2)11-7-10-5-3-4-6-12(10)13-8-11/h3-7,9H,8H2,1-2H3. The van der Waals surface area contributed by atoms with Crippen molar-refractivity contribution in [2.45, 2.75) is 13.8 Å². The molecule has 0 atom stereocenters. The molecule has 0 spiro atoms. The maximum absolute atomic E-state index is 5.63. The zero-order chi connectivity index (χ0) is 9.26. The van der Waals surface area contributed by atoms with E-state index in [0.29, 0.717) is 5.92 Å². The molecule has 1 aromatic carbocycles. The summed E-state index contributed by atoms with van der Waals surface area (Å²) >= 11 is 0. The zero-order valence-electron chi connectivity index (χ0n) is 8.08. The molecule has 1 aromatic rings. The number of fused-ring (bicyclic) bond motifs is 1. The molecule has 1 aliphatic rings. The average Bonchev–Trinajstić information content (AvgIpc) is 2.17. The molecular formula is C12H14O. The smallest absolute Gasteiger partial charge is 0.127 e. The highest BCUT2D eigenvalue weighted by Gasteiger charge is 2.12. The van der Waals surface area contributed by atoms with E-state index in [2.05, 4.69) is 26.0 Å². The summed E-state index contributed by atoms with van der Waals surface area (Å²) in [6, 6.07) is 8.16. The van der Waals surface area contributed by atoms with E-state index in [1.807, 2.05) is 18.2 Å². The zero-order valence-corrected chi connectivity index (χ0v) is 8.08. The number of rotatable bonds is 1. The number of para-hydroxylation sites is 1. The number of ether oxygens (including phenoxy) is 1. The van der Waals surface area contributed by atoms with E-state index in [1.165, 1.54) is 11.1 Å². The van der Waals surface area contributed by atoms with Crippen LogP contribution in [0.4, 0.5) is 0 Å². The summed E-state index contributed by atoms with van der Waals surface area (Å²) in [6.07, 6.45) is 2.24. The monoisotopic (exact) mass is 174 g/mol. The normalized spacial score (nSPS) is 14.8.